The Kier molecular flexibility index (Phi) is 4.87. The normalized spacial score (nSPS) is 12.2. The molecule has 0 unspecified atom stereocenters. The molecule has 0 bridgehead atoms. The molecule has 0 aromatic heterocycles. The summed E-state index contributed by atoms with van der Waals surface area (Å²) in [7, 11) is 1.62. The fourth-order valence-electron chi connectivity index (χ4n) is 0.773. The first-order chi connectivity index (χ1) is 5.44. The molecule has 0 aliphatic rings. The third kappa shape index (κ3) is 3.59. The molecule has 0 rings (SSSR count). The molecule has 0 spiro atoms. The predicted molar refractivity (Wildman–Crippen MR) is 53.2 cm³/mol. The van der Waals surface area contributed by atoms with Crippen LogP contribution in [0.4, 0.5) is 0 Å². The summed E-state index contributed by atoms with van der Waals surface area (Å²) in [6.45, 7) is 10.6. The number of rotatable bonds is 5. The number of hydrogen-bond donors (Lipinski definition) is 0. The van der Waals surface area contributed by atoms with Crippen LogP contribution in [0.5, 0.6) is 0 Å². The van der Waals surface area contributed by atoms with Gasteiger partial charge in [-0.25, -0.2) is 0 Å². The maximum atomic E-state index is 5.78. The van der Waals surface area contributed by atoms with E-state index in [1.165, 1.54) is 0 Å². The van der Waals surface area contributed by atoms with Crippen molar-refractivity contribution in [2.45, 2.75) is 46.5 Å². The first-order valence-electron chi connectivity index (χ1n) is 4.64. The van der Waals surface area contributed by atoms with Crippen molar-refractivity contribution in [2.24, 2.45) is 5.92 Å². The molecule has 0 aliphatic heterocycles. The highest BCUT2D eigenvalue weighted by Gasteiger charge is 2.28. The van der Waals surface area contributed by atoms with Gasteiger partial charge in [0.25, 0.3) is 0 Å². The highest BCUT2D eigenvalue weighted by molar-refractivity contribution is 6.44. The van der Waals surface area contributed by atoms with Gasteiger partial charge >= 0.3 is 7.12 Å². The van der Waals surface area contributed by atoms with Crippen molar-refractivity contribution in [2.75, 3.05) is 7.11 Å². The summed E-state index contributed by atoms with van der Waals surface area (Å²) in [6.07, 6.45) is 0.895. The fraction of sp³-hybridized carbons (Fsp3) is 1.00. The highest BCUT2D eigenvalue weighted by atomic mass is 16.6. The molecule has 0 fully saturated rings. The lowest BCUT2D eigenvalue weighted by Gasteiger charge is -2.32. The van der Waals surface area contributed by atoms with Gasteiger partial charge in [0, 0.05) is 7.11 Å². The van der Waals surface area contributed by atoms with E-state index in [1.807, 2.05) is 0 Å². The van der Waals surface area contributed by atoms with E-state index in [0.717, 1.165) is 6.32 Å². The van der Waals surface area contributed by atoms with Crippen LogP contribution in [0.25, 0.3) is 0 Å². The minimum absolute atomic E-state index is 0.0672. The summed E-state index contributed by atoms with van der Waals surface area (Å²) in [4.78, 5) is 0. The average Bonchev–Trinajstić information content (AvgIpc) is 2.00. The van der Waals surface area contributed by atoms with Crippen LogP contribution in [0.1, 0.15) is 34.6 Å². The molecular weight excluding hydrogens is 151 g/mol. The zero-order chi connectivity index (χ0) is 9.78. The summed E-state index contributed by atoms with van der Waals surface area (Å²) in [5.74, 6) is 0.502. The molecule has 0 amide bonds. The van der Waals surface area contributed by atoms with Gasteiger partial charge in [-0.1, -0.05) is 20.8 Å². The van der Waals surface area contributed by atoms with Gasteiger partial charge in [0.2, 0.25) is 0 Å². The third-order valence-corrected chi connectivity index (χ3v) is 2.42. The van der Waals surface area contributed by atoms with Crippen molar-refractivity contribution in [1.29, 1.82) is 0 Å². The van der Waals surface area contributed by atoms with Crippen LogP contribution in [-0.2, 0) is 9.31 Å². The molecule has 0 aromatic rings. The standard InChI is InChI=1S/C9H21BO2/c1-7-10(11-6)12-9(4,5)8(2)3/h8H,7H2,1-6H3. The largest absolute Gasteiger partial charge is 0.456 e. The Morgan fingerprint density at radius 2 is 1.83 bits per heavy atom. The Labute approximate surface area is 76.8 Å². The van der Waals surface area contributed by atoms with E-state index in [1.54, 1.807) is 7.11 Å². The van der Waals surface area contributed by atoms with Crippen LogP contribution in [0.15, 0.2) is 0 Å². The van der Waals surface area contributed by atoms with Crippen LogP contribution < -0.4 is 0 Å². The monoisotopic (exact) mass is 172 g/mol. The third-order valence-electron chi connectivity index (χ3n) is 2.42. The maximum Gasteiger partial charge on any atom is 0.456 e. The molecule has 0 aromatic carbocycles. The maximum absolute atomic E-state index is 5.78. The topological polar surface area (TPSA) is 18.5 Å². The SMILES string of the molecule is CCB(OC)OC(C)(C)C(C)C. The first-order valence-corrected chi connectivity index (χ1v) is 4.64. The molecule has 0 radical (unpaired) electrons. The van der Waals surface area contributed by atoms with Gasteiger partial charge < -0.3 is 9.31 Å². The molecular formula is C9H21BO2. The van der Waals surface area contributed by atoms with Crippen molar-refractivity contribution in [3.8, 4) is 0 Å². The molecule has 12 heavy (non-hydrogen) atoms. The predicted octanol–water partition coefficient (Wildman–Crippen LogP) is 2.59. The van der Waals surface area contributed by atoms with Crippen LogP contribution in [0.3, 0.4) is 0 Å². The minimum atomic E-state index is -0.101. The van der Waals surface area contributed by atoms with Gasteiger partial charge in [-0.2, -0.15) is 0 Å². The molecule has 0 heterocycles. The average molecular weight is 172 g/mol. The molecule has 0 atom stereocenters. The minimum Gasteiger partial charge on any atom is -0.414 e. The summed E-state index contributed by atoms with van der Waals surface area (Å²) >= 11 is 0. The highest BCUT2D eigenvalue weighted by Crippen LogP contribution is 2.22. The van der Waals surface area contributed by atoms with E-state index in [9.17, 15) is 0 Å². The summed E-state index contributed by atoms with van der Waals surface area (Å²) in [6, 6.07) is 0. The van der Waals surface area contributed by atoms with Crippen LogP contribution in [0, 0.1) is 5.92 Å². The van der Waals surface area contributed by atoms with Gasteiger partial charge in [0.05, 0.1) is 5.60 Å². The van der Waals surface area contributed by atoms with E-state index < -0.39 is 0 Å². The second-order valence-corrected chi connectivity index (χ2v) is 3.95. The van der Waals surface area contributed by atoms with Gasteiger partial charge in [-0.15, -0.1) is 0 Å². The van der Waals surface area contributed by atoms with Crippen LogP contribution >= 0.6 is 0 Å². The van der Waals surface area contributed by atoms with E-state index in [2.05, 4.69) is 34.6 Å². The summed E-state index contributed by atoms with van der Waals surface area (Å²) in [5, 5.41) is 0. The summed E-state index contributed by atoms with van der Waals surface area (Å²) < 4.78 is 10.9. The van der Waals surface area contributed by atoms with E-state index >= 15 is 0 Å². The number of hydrogen-bond acceptors (Lipinski definition) is 2. The summed E-state index contributed by atoms with van der Waals surface area (Å²) in [5.41, 5.74) is -0.101. The fourth-order valence-corrected chi connectivity index (χ4v) is 0.773. The Morgan fingerprint density at radius 3 is 2.08 bits per heavy atom. The van der Waals surface area contributed by atoms with Crippen LogP contribution in [-0.4, -0.2) is 19.8 Å². The zero-order valence-electron chi connectivity index (χ0n) is 9.18. The molecule has 0 N–H and O–H groups in total. The Bertz CT molecular complexity index is 120. The van der Waals surface area contributed by atoms with Crippen molar-refractivity contribution in [3.05, 3.63) is 0 Å². The molecule has 0 saturated carbocycles. The lowest BCUT2D eigenvalue weighted by molar-refractivity contribution is 0.0327. The van der Waals surface area contributed by atoms with Crippen molar-refractivity contribution >= 4 is 7.12 Å². The van der Waals surface area contributed by atoms with E-state index in [-0.39, 0.29) is 12.7 Å². The molecule has 72 valence electrons. The molecule has 0 saturated heterocycles. The Morgan fingerprint density at radius 1 is 1.33 bits per heavy atom. The van der Waals surface area contributed by atoms with Crippen molar-refractivity contribution in [3.63, 3.8) is 0 Å². The van der Waals surface area contributed by atoms with Crippen LogP contribution in [0.2, 0.25) is 6.32 Å². The van der Waals surface area contributed by atoms with E-state index in [4.69, 9.17) is 9.31 Å². The lowest BCUT2D eigenvalue weighted by Crippen LogP contribution is -2.38. The lowest BCUT2D eigenvalue weighted by atomic mass is 9.82. The molecule has 0 aliphatic carbocycles. The van der Waals surface area contributed by atoms with Gasteiger partial charge in [-0.05, 0) is 26.1 Å². The van der Waals surface area contributed by atoms with E-state index in [0.29, 0.717) is 5.92 Å². The van der Waals surface area contributed by atoms with Crippen molar-refractivity contribution < 1.29 is 9.31 Å². The second-order valence-electron chi connectivity index (χ2n) is 3.95. The van der Waals surface area contributed by atoms with Gasteiger partial charge in [0.15, 0.2) is 0 Å². The zero-order valence-corrected chi connectivity index (χ0v) is 9.18. The second kappa shape index (κ2) is 4.88. The first kappa shape index (κ1) is 12.0. The van der Waals surface area contributed by atoms with Crippen molar-refractivity contribution in [1.82, 2.24) is 0 Å². The Balaban J connectivity index is 4.02. The molecule has 2 nitrogen and oxygen atoms in total. The Hall–Kier alpha value is -0.0151. The van der Waals surface area contributed by atoms with Gasteiger partial charge in [0.1, 0.15) is 0 Å². The molecule has 3 heteroatoms. The quantitative estimate of drug-likeness (QED) is 0.593. The smallest absolute Gasteiger partial charge is 0.414 e. The van der Waals surface area contributed by atoms with Gasteiger partial charge in [-0.3, -0.25) is 0 Å².